The summed E-state index contributed by atoms with van der Waals surface area (Å²) in [4.78, 5) is 46.8. The number of hydrogen-bond acceptors (Lipinski definition) is 13. The molecule has 0 aliphatic carbocycles. The van der Waals surface area contributed by atoms with E-state index in [9.17, 15) is 19.2 Å². The molecule has 0 saturated carbocycles. The van der Waals surface area contributed by atoms with Crippen molar-refractivity contribution in [1.82, 2.24) is 0 Å². The second kappa shape index (κ2) is 20.1. The fourth-order valence-corrected chi connectivity index (χ4v) is 1.70. The lowest BCUT2D eigenvalue weighted by atomic mass is 10.2. The molecule has 13 nitrogen and oxygen atoms in total. The molecular formula is C19H28O13. The van der Waals surface area contributed by atoms with E-state index in [4.69, 9.17) is 38.6 Å². The summed E-state index contributed by atoms with van der Waals surface area (Å²) in [7, 11) is 0. The zero-order valence-corrected chi connectivity index (χ0v) is 17.5. The summed E-state index contributed by atoms with van der Waals surface area (Å²) in [6.45, 7) is 1.57. The van der Waals surface area contributed by atoms with E-state index in [1.165, 1.54) is 0 Å². The van der Waals surface area contributed by atoms with Crippen molar-refractivity contribution < 1.29 is 62.5 Å². The normalized spacial score (nSPS) is 10.9. The SMILES string of the molecule is C=CC(=O)OCOCOC(=O)/C=C(/CC(=O)OCCOCCO)C(=O)OCCOCCO. The zero-order chi connectivity index (χ0) is 24.0. The van der Waals surface area contributed by atoms with E-state index in [1.807, 2.05) is 0 Å². The minimum Gasteiger partial charge on any atom is -0.463 e. The summed E-state index contributed by atoms with van der Waals surface area (Å²) >= 11 is 0. The molecule has 0 atom stereocenters. The minimum absolute atomic E-state index is 0.00601. The summed E-state index contributed by atoms with van der Waals surface area (Å²) in [6, 6.07) is 0. The van der Waals surface area contributed by atoms with Gasteiger partial charge in [0.05, 0.1) is 51.6 Å². The van der Waals surface area contributed by atoms with Crippen molar-refractivity contribution in [1.29, 1.82) is 0 Å². The van der Waals surface area contributed by atoms with Gasteiger partial charge in [0.25, 0.3) is 0 Å². The van der Waals surface area contributed by atoms with Crippen LogP contribution in [0.4, 0.5) is 0 Å². The van der Waals surface area contributed by atoms with Crippen molar-refractivity contribution in [2.24, 2.45) is 0 Å². The molecular weight excluding hydrogens is 436 g/mol. The lowest BCUT2D eigenvalue weighted by Gasteiger charge is -2.10. The van der Waals surface area contributed by atoms with Gasteiger partial charge < -0.3 is 43.4 Å². The smallest absolute Gasteiger partial charge is 0.334 e. The van der Waals surface area contributed by atoms with Crippen molar-refractivity contribution >= 4 is 23.9 Å². The van der Waals surface area contributed by atoms with Gasteiger partial charge in [-0.2, -0.15) is 0 Å². The largest absolute Gasteiger partial charge is 0.463 e. The number of rotatable bonds is 19. The number of carbonyl (C=O) groups excluding carboxylic acids is 4. The van der Waals surface area contributed by atoms with E-state index < -0.39 is 43.9 Å². The van der Waals surface area contributed by atoms with Gasteiger partial charge in [0.15, 0.2) is 13.6 Å². The van der Waals surface area contributed by atoms with Crippen LogP contribution in [0.2, 0.25) is 0 Å². The number of carbonyl (C=O) groups is 4. The maximum atomic E-state index is 12.2. The Balaban J connectivity index is 4.68. The van der Waals surface area contributed by atoms with Crippen LogP contribution in [-0.2, 0) is 52.3 Å². The first-order valence-electron chi connectivity index (χ1n) is 9.38. The fourth-order valence-electron chi connectivity index (χ4n) is 1.70. The van der Waals surface area contributed by atoms with Crippen LogP contribution in [0.25, 0.3) is 0 Å². The minimum atomic E-state index is -1.03. The second-order valence-electron chi connectivity index (χ2n) is 5.45. The Morgan fingerprint density at radius 2 is 1.25 bits per heavy atom. The first kappa shape index (κ1) is 29.2. The van der Waals surface area contributed by atoms with E-state index >= 15 is 0 Å². The molecule has 0 unspecified atom stereocenters. The van der Waals surface area contributed by atoms with Crippen LogP contribution in [0.5, 0.6) is 0 Å². The number of esters is 4. The molecule has 0 radical (unpaired) electrons. The molecule has 0 aromatic rings. The maximum Gasteiger partial charge on any atom is 0.334 e. The Bertz CT molecular complexity index is 614. The van der Waals surface area contributed by atoms with Crippen LogP contribution in [0, 0.1) is 0 Å². The Morgan fingerprint density at radius 1 is 0.688 bits per heavy atom. The predicted octanol–water partition coefficient (Wildman–Crippen LogP) is -1.39. The Kier molecular flexibility index (Phi) is 18.3. The molecule has 2 N–H and O–H groups in total. The van der Waals surface area contributed by atoms with Crippen LogP contribution in [0.3, 0.4) is 0 Å². The van der Waals surface area contributed by atoms with Gasteiger partial charge in [-0.1, -0.05) is 6.58 Å². The van der Waals surface area contributed by atoms with Gasteiger partial charge in [-0.15, -0.1) is 0 Å². The van der Waals surface area contributed by atoms with E-state index in [-0.39, 0.29) is 58.4 Å². The number of ether oxygens (including phenoxy) is 7. The summed E-state index contributed by atoms with van der Waals surface area (Å²) in [5, 5.41) is 17.2. The summed E-state index contributed by atoms with van der Waals surface area (Å²) in [5.74, 6) is -3.58. The molecule has 0 amide bonds. The fraction of sp³-hybridized carbons (Fsp3) is 0.579. The number of aliphatic hydroxyl groups is 2. The molecule has 0 bridgehead atoms. The lowest BCUT2D eigenvalue weighted by molar-refractivity contribution is -0.170. The van der Waals surface area contributed by atoms with Gasteiger partial charge in [0.2, 0.25) is 0 Å². The lowest BCUT2D eigenvalue weighted by Crippen LogP contribution is -2.19. The highest BCUT2D eigenvalue weighted by Gasteiger charge is 2.19. The molecule has 0 saturated heterocycles. The molecule has 0 aromatic carbocycles. The summed E-state index contributed by atoms with van der Waals surface area (Å²) in [5.41, 5.74) is -0.350. The van der Waals surface area contributed by atoms with Crippen molar-refractivity contribution in [3.63, 3.8) is 0 Å². The third-order valence-electron chi connectivity index (χ3n) is 3.05. The Labute approximate surface area is 184 Å². The topological polar surface area (TPSA) is 173 Å². The first-order chi connectivity index (χ1) is 15.4. The predicted molar refractivity (Wildman–Crippen MR) is 104 cm³/mol. The highest BCUT2D eigenvalue weighted by molar-refractivity contribution is 5.99. The summed E-state index contributed by atoms with van der Waals surface area (Å²) in [6.07, 6.45) is 1.06. The van der Waals surface area contributed by atoms with Crippen LogP contribution < -0.4 is 0 Å². The maximum absolute atomic E-state index is 12.2. The first-order valence-corrected chi connectivity index (χ1v) is 9.38. The molecule has 0 rings (SSSR count). The van der Waals surface area contributed by atoms with Crippen molar-refractivity contribution in [3.8, 4) is 0 Å². The van der Waals surface area contributed by atoms with Crippen LogP contribution in [0.15, 0.2) is 24.3 Å². The van der Waals surface area contributed by atoms with Crippen LogP contribution >= 0.6 is 0 Å². The third-order valence-corrected chi connectivity index (χ3v) is 3.05. The van der Waals surface area contributed by atoms with Crippen LogP contribution in [-0.4, -0.2) is 101 Å². The zero-order valence-electron chi connectivity index (χ0n) is 17.5. The average Bonchev–Trinajstić information content (AvgIpc) is 2.77. The van der Waals surface area contributed by atoms with E-state index in [1.54, 1.807) is 0 Å². The van der Waals surface area contributed by atoms with Crippen LogP contribution in [0.1, 0.15) is 6.42 Å². The van der Waals surface area contributed by atoms with E-state index in [0.717, 1.165) is 12.2 Å². The molecule has 0 aromatic heterocycles. The molecule has 182 valence electrons. The standard InChI is InChI=1S/C19H28O13/c1-2-16(22)31-13-28-14-32-18(24)12-15(19(25)30-10-8-27-6-4-21)11-17(23)29-9-7-26-5-3-20/h2,12,20-21H,1,3-11,13-14H2/b15-12-. The molecule has 32 heavy (non-hydrogen) atoms. The van der Waals surface area contributed by atoms with Crippen molar-refractivity contribution in [2.75, 3.05) is 66.4 Å². The highest BCUT2D eigenvalue weighted by Crippen LogP contribution is 2.07. The quantitative estimate of drug-likeness (QED) is 0.0752. The molecule has 0 aliphatic rings. The molecule has 0 spiro atoms. The van der Waals surface area contributed by atoms with Gasteiger partial charge in [0.1, 0.15) is 13.2 Å². The molecule has 0 fully saturated rings. The van der Waals surface area contributed by atoms with Crippen molar-refractivity contribution in [3.05, 3.63) is 24.3 Å². The average molecular weight is 464 g/mol. The van der Waals surface area contributed by atoms with E-state index in [0.29, 0.717) is 0 Å². The molecule has 0 heterocycles. The van der Waals surface area contributed by atoms with Gasteiger partial charge in [-0.05, 0) is 0 Å². The van der Waals surface area contributed by atoms with Gasteiger partial charge in [0, 0.05) is 12.2 Å². The Morgan fingerprint density at radius 3 is 1.81 bits per heavy atom. The molecule has 0 aliphatic heterocycles. The monoisotopic (exact) mass is 464 g/mol. The van der Waals surface area contributed by atoms with Gasteiger partial charge in [-0.3, -0.25) is 4.79 Å². The van der Waals surface area contributed by atoms with Crippen molar-refractivity contribution in [2.45, 2.75) is 6.42 Å². The summed E-state index contributed by atoms with van der Waals surface area (Å²) < 4.78 is 33.6. The van der Waals surface area contributed by atoms with E-state index in [2.05, 4.69) is 11.3 Å². The molecule has 13 heteroatoms. The third kappa shape index (κ3) is 16.9. The number of hydrogen-bond donors (Lipinski definition) is 2. The van der Waals surface area contributed by atoms with Gasteiger partial charge >= 0.3 is 23.9 Å². The van der Waals surface area contributed by atoms with Gasteiger partial charge in [-0.25, -0.2) is 14.4 Å². The number of aliphatic hydroxyl groups excluding tert-OH is 2. The Hall–Kier alpha value is -2.84. The second-order valence-corrected chi connectivity index (χ2v) is 5.45. The highest BCUT2D eigenvalue weighted by atomic mass is 16.8.